The number of hydrogen-bond acceptors (Lipinski definition) is 6. The molecule has 0 saturated carbocycles. The Morgan fingerprint density at radius 3 is 2.50 bits per heavy atom. The van der Waals surface area contributed by atoms with Gasteiger partial charge in [0.15, 0.2) is 11.5 Å². The molecule has 28 heavy (non-hydrogen) atoms. The molecule has 0 bridgehead atoms. The molecule has 2 aromatic rings. The molecule has 0 unspecified atom stereocenters. The summed E-state index contributed by atoms with van der Waals surface area (Å²) < 4.78 is 10.4. The molecule has 8 heteroatoms. The van der Waals surface area contributed by atoms with Gasteiger partial charge >= 0.3 is 5.97 Å². The summed E-state index contributed by atoms with van der Waals surface area (Å²) in [5.74, 6) is -0.592. The minimum absolute atomic E-state index is 0.146. The SMILES string of the molecule is COc1ccc(/C=C/C(=O)c2cccc(NC(=O)CCC(=O)O)n2)cc1OC. The number of amides is 1. The molecule has 146 valence electrons. The first kappa shape index (κ1) is 20.6. The predicted octanol–water partition coefficient (Wildman–Crippen LogP) is 2.80. The molecule has 0 saturated heterocycles. The summed E-state index contributed by atoms with van der Waals surface area (Å²) in [7, 11) is 3.06. The zero-order valence-electron chi connectivity index (χ0n) is 15.5. The molecule has 1 aromatic heterocycles. The van der Waals surface area contributed by atoms with Gasteiger partial charge in [0.1, 0.15) is 11.5 Å². The lowest BCUT2D eigenvalue weighted by Crippen LogP contribution is -2.15. The molecule has 2 rings (SSSR count). The highest BCUT2D eigenvalue weighted by Crippen LogP contribution is 2.28. The number of nitrogens with one attached hydrogen (secondary N) is 1. The maximum Gasteiger partial charge on any atom is 0.303 e. The molecular weight excluding hydrogens is 364 g/mol. The van der Waals surface area contributed by atoms with E-state index in [0.29, 0.717) is 11.5 Å². The zero-order valence-corrected chi connectivity index (χ0v) is 15.5. The second-order valence-electron chi connectivity index (χ2n) is 5.66. The van der Waals surface area contributed by atoms with E-state index in [2.05, 4.69) is 10.3 Å². The largest absolute Gasteiger partial charge is 0.493 e. The Kier molecular flexibility index (Phi) is 7.27. The van der Waals surface area contributed by atoms with Gasteiger partial charge in [0.25, 0.3) is 0 Å². The predicted molar refractivity (Wildman–Crippen MR) is 103 cm³/mol. The Morgan fingerprint density at radius 1 is 1.07 bits per heavy atom. The number of aromatic nitrogens is 1. The molecule has 0 fully saturated rings. The quantitative estimate of drug-likeness (QED) is 0.504. The van der Waals surface area contributed by atoms with Crippen LogP contribution in [0.5, 0.6) is 11.5 Å². The van der Waals surface area contributed by atoms with Gasteiger partial charge in [-0.3, -0.25) is 14.4 Å². The van der Waals surface area contributed by atoms with Crippen LogP contribution in [-0.4, -0.2) is 42.0 Å². The first-order valence-electron chi connectivity index (χ1n) is 8.36. The molecule has 0 aliphatic rings. The number of allylic oxidation sites excluding steroid dienone is 1. The molecule has 1 amide bonds. The van der Waals surface area contributed by atoms with E-state index in [-0.39, 0.29) is 30.1 Å². The number of methoxy groups -OCH3 is 2. The van der Waals surface area contributed by atoms with Crippen molar-refractivity contribution in [3.8, 4) is 11.5 Å². The highest BCUT2D eigenvalue weighted by molar-refractivity contribution is 6.06. The van der Waals surface area contributed by atoms with Gasteiger partial charge in [-0.25, -0.2) is 4.98 Å². The number of carbonyl (C=O) groups is 3. The number of anilines is 1. The number of benzene rings is 1. The summed E-state index contributed by atoms with van der Waals surface area (Å²) >= 11 is 0. The number of hydrogen-bond donors (Lipinski definition) is 2. The fraction of sp³-hybridized carbons (Fsp3) is 0.200. The molecule has 8 nitrogen and oxygen atoms in total. The highest BCUT2D eigenvalue weighted by atomic mass is 16.5. The fourth-order valence-electron chi connectivity index (χ4n) is 2.28. The van der Waals surface area contributed by atoms with Gasteiger partial charge in [0.05, 0.1) is 20.6 Å². The van der Waals surface area contributed by atoms with E-state index in [0.717, 1.165) is 5.56 Å². The van der Waals surface area contributed by atoms with Crippen LogP contribution in [-0.2, 0) is 9.59 Å². The molecule has 0 spiro atoms. The van der Waals surface area contributed by atoms with Crippen molar-refractivity contribution in [1.29, 1.82) is 0 Å². The lowest BCUT2D eigenvalue weighted by Gasteiger charge is -2.07. The van der Waals surface area contributed by atoms with Gasteiger partial charge in [-0.05, 0) is 35.9 Å². The van der Waals surface area contributed by atoms with Crippen LogP contribution in [0, 0.1) is 0 Å². The standard InChI is InChI=1S/C20H20N2O6/c1-27-16-9-7-13(12-17(16)28-2)6-8-15(23)14-4-3-5-18(21-14)22-19(24)10-11-20(25)26/h3-9,12H,10-11H2,1-2H3,(H,25,26)(H,21,22,24)/b8-6+. The van der Waals surface area contributed by atoms with E-state index in [1.807, 2.05) is 0 Å². The van der Waals surface area contributed by atoms with E-state index in [1.165, 1.54) is 32.4 Å². The van der Waals surface area contributed by atoms with Crippen LogP contribution in [0.15, 0.2) is 42.5 Å². The number of rotatable bonds is 9. The summed E-state index contributed by atoms with van der Waals surface area (Å²) in [6, 6.07) is 9.86. The first-order chi connectivity index (χ1) is 13.4. The van der Waals surface area contributed by atoms with Crippen LogP contribution in [0.25, 0.3) is 6.08 Å². The van der Waals surface area contributed by atoms with Crippen molar-refractivity contribution in [2.75, 3.05) is 19.5 Å². The third-order valence-electron chi connectivity index (χ3n) is 3.67. The van der Waals surface area contributed by atoms with E-state index < -0.39 is 11.9 Å². The van der Waals surface area contributed by atoms with E-state index >= 15 is 0 Å². The fourth-order valence-corrected chi connectivity index (χ4v) is 2.28. The minimum Gasteiger partial charge on any atom is -0.493 e. The minimum atomic E-state index is -1.06. The van der Waals surface area contributed by atoms with Crippen molar-refractivity contribution in [2.24, 2.45) is 0 Å². The van der Waals surface area contributed by atoms with Crippen LogP contribution in [0.3, 0.4) is 0 Å². The molecule has 0 aliphatic heterocycles. The van der Waals surface area contributed by atoms with Crippen molar-refractivity contribution in [3.63, 3.8) is 0 Å². The lowest BCUT2D eigenvalue weighted by atomic mass is 10.1. The van der Waals surface area contributed by atoms with Crippen molar-refractivity contribution >= 4 is 29.6 Å². The summed E-state index contributed by atoms with van der Waals surface area (Å²) in [5, 5.41) is 11.1. The number of aliphatic carboxylic acids is 1. The smallest absolute Gasteiger partial charge is 0.303 e. The molecule has 0 atom stereocenters. The highest BCUT2D eigenvalue weighted by Gasteiger charge is 2.09. The summed E-state index contributed by atoms with van der Waals surface area (Å²) in [6.07, 6.45) is 2.52. The van der Waals surface area contributed by atoms with Crippen molar-refractivity contribution in [1.82, 2.24) is 4.98 Å². The monoisotopic (exact) mass is 384 g/mol. The number of ketones is 1. The second-order valence-corrected chi connectivity index (χ2v) is 5.66. The van der Waals surface area contributed by atoms with Gasteiger partial charge in [-0.1, -0.05) is 18.2 Å². The number of carboxylic acid groups (broad SMARTS) is 1. The number of ether oxygens (including phenoxy) is 2. The number of pyridine rings is 1. The van der Waals surface area contributed by atoms with E-state index in [4.69, 9.17) is 14.6 Å². The lowest BCUT2D eigenvalue weighted by molar-refractivity contribution is -0.138. The normalized spacial score (nSPS) is 10.5. The topological polar surface area (TPSA) is 115 Å². The molecule has 2 N–H and O–H groups in total. The van der Waals surface area contributed by atoms with Crippen LogP contribution in [0.2, 0.25) is 0 Å². The zero-order chi connectivity index (χ0) is 20.5. The maximum absolute atomic E-state index is 12.4. The summed E-state index contributed by atoms with van der Waals surface area (Å²) in [6.45, 7) is 0. The Bertz CT molecular complexity index is 907. The molecule has 0 radical (unpaired) electrons. The second kappa shape index (κ2) is 9.86. The van der Waals surface area contributed by atoms with Crippen LogP contribution in [0.1, 0.15) is 28.9 Å². The van der Waals surface area contributed by atoms with Crippen LogP contribution < -0.4 is 14.8 Å². The molecule has 0 aliphatic carbocycles. The van der Waals surface area contributed by atoms with E-state index in [1.54, 1.807) is 30.3 Å². The van der Waals surface area contributed by atoms with Gasteiger partial charge in [-0.15, -0.1) is 0 Å². The molecule has 1 aromatic carbocycles. The van der Waals surface area contributed by atoms with Gasteiger partial charge < -0.3 is 19.9 Å². The number of carboxylic acids is 1. The average molecular weight is 384 g/mol. The third-order valence-corrected chi connectivity index (χ3v) is 3.67. The van der Waals surface area contributed by atoms with Crippen molar-refractivity contribution in [3.05, 3.63) is 53.7 Å². The first-order valence-corrected chi connectivity index (χ1v) is 8.36. The van der Waals surface area contributed by atoms with E-state index in [9.17, 15) is 14.4 Å². The number of carbonyl (C=O) groups excluding carboxylic acids is 2. The number of nitrogens with zero attached hydrogens (tertiary/aromatic N) is 1. The Balaban J connectivity index is 2.07. The van der Waals surface area contributed by atoms with Crippen LogP contribution in [0.4, 0.5) is 5.82 Å². The van der Waals surface area contributed by atoms with Crippen LogP contribution >= 0.6 is 0 Å². The Hall–Kier alpha value is -3.68. The van der Waals surface area contributed by atoms with Gasteiger partial charge in [-0.2, -0.15) is 0 Å². The van der Waals surface area contributed by atoms with Crippen molar-refractivity contribution in [2.45, 2.75) is 12.8 Å². The van der Waals surface area contributed by atoms with Crippen molar-refractivity contribution < 1.29 is 29.0 Å². The third kappa shape index (κ3) is 5.94. The molecule has 1 heterocycles. The average Bonchev–Trinajstić information content (AvgIpc) is 2.70. The Morgan fingerprint density at radius 2 is 1.82 bits per heavy atom. The molecular formula is C20H20N2O6. The van der Waals surface area contributed by atoms with Gasteiger partial charge in [0, 0.05) is 6.42 Å². The Labute approximate surface area is 161 Å². The maximum atomic E-state index is 12.4. The van der Waals surface area contributed by atoms with Gasteiger partial charge in [0.2, 0.25) is 11.7 Å². The summed E-state index contributed by atoms with van der Waals surface area (Å²) in [4.78, 5) is 38.6. The summed E-state index contributed by atoms with van der Waals surface area (Å²) in [5.41, 5.74) is 0.886.